The van der Waals surface area contributed by atoms with Crippen molar-refractivity contribution >= 4 is 18.1 Å². The zero-order chi connectivity index (χ0) is 27.8. The van der Waals surface area contributed by atoms with E-state index in [1.54, 1.807) is 0 Å². The quantitative estimate of drug-likeness (QED) is 0.369. The van der Waals surface area contributed by atoms with Gasteiger partial charge in [0.05, 0.1) is 51.0 Å². The third kappa shape index (κ3) is 10.6. The second-order valence-electron chi connectivity index (χ2n) is 9.48. The van der Waals surface area contributed by atoms with Gasteiger partial charge < -0.3 is 18.9 Å². The highest BCUT2D eigenvalue weighted by atomic mass is 16.5. The van der Waals surface area contributed by atoms with Crippen molar-refractivity contribution in [3.63, 3.8) is 0 Å². The van der Waals surface area contributed by atoms with Gasteiger partial charge in [0.1, 0.15) is 0 Å². The Hall–Kier alpha value is -3.32. The van der Waals surface area contributed by atoms with Gasteiger partial charge in [0.15, 0.2) is 0 Å². The molecule has 0 saturated heterocycles. The summed E-state index contributed by atoms with van der Waals surface area (Å²) in [6.07, 6.45) is 2.04. The number of hydrogen-bond acceptors (Lipinski definition) is 8. The molecule has 4 atom stereocenters. The zero-order valence-electron chi connectivity index (χ0n) is 22.4. The Balaban J connectivity index is 0.000000242. The fraction of sp³-hybridized carbons (Fsp3) is 0.500. The average Bonchev–Trinajstić information content (AvgIpc) is 3.83. The number of carbonyl (C=O) groups is 2. The van der Waals surface area contributed by atoms with E-state index in [0.717, 1.165) is 18.4 Å². The van der Waals surface area contributed by atoms with Crippen molar-refractivity contribution in [2.45, 2.75) is 46.8 Å². The molecule has 2 aromatic carbocycles. The van der Waals surface area contributed by atoms with Crippen LogP contribution < -0.4 is 0 Å². The highest BCUT2D eigenvalue weighted by Crippen LogP contribution is 2.53. The van der Waals surface area contributed by atoms with Crippen LogP contribution in [0.3, 0.4) is 0 Å². The number of carbonyl (C=O) groups excluding carboxylic acids is 4. The molecule has 0 radical (unpaired) electrons. The summed E-state index contributed by atoms with van der Waals surface area (Å²) < 4.78 is 21.3. The van der Waals surface area contributed by atoms with Gasteiger partial charge in [-0.2, -0.15) is 9.59 Å². The van der Waals surface area contributed by atoms with Gasteiger partial charge in [0.25, 0.3) is 0 Å². The third-order valence-corrected chi connectivity index (χ3v) is 6.54. The third-order valence-electron chi connectivity index (χ3n) is 6.54. The molecule has 0 N–H and O–H groups in total. The maximum Gasteiger partial charge on any atom is 0.373 e. The van der Waals surface area contributed by atoms with Crippen LogP contribution in [-0.4, -0.2) is 44.5 Å². The predicted octanol–water partition coefficient (Wildman–Crippen LogP) is 4.61. The monoisotopic (exact) mass is 526 g/mol. The van der Waals surface area contributed by atoms with Gasteiger partial charge in [-0.25, -0.2) is 0 Å². The number of ether oxygens (including phenoxy) is 4. The Morgan fingerprint density at radius 3 is 1.84 bits per heavy atom. The highest BCUT2D eigenvalue weighted by Gasteiger charge is 2.57. The van der Waals surface area contributed by atoms with E-state index in [0.29, 0.717) is 51.5 Å². The van der Waals surface area contributed by atoms with E-state index in [-0.39, 0.29) is 29.4 Å². The molecule has 0 bridgehead atoms. The van der Waals surface area contributed by atoms with E-state index in [1.807, 2.05) is 81.4 Å². The molecule has 0 spiro atoms. The first-order chi connectivity index (χ1) is 18.4. The number of esters is 2. The van der Waals surface area contributed by atoms with E-state index >= 15 is 0 Å². The van der Waals surface area contributed by atoms with Crippen LogP contribution in [-0.2, 0) is 51.3 Å². The van der Waals surface area contributed by atoms with Gasteiger partial charge in [-0.05, 0) is 56.6 Å². The summed E-state index contributed by atoms with van der Waals surface area (Å²) >= 11 is 0. The van der Waals surface area contributed by atoms with E-state index in [4.69, 9.17) is 28.5 Å². The summed E-state index contributed by atoms with van der Waals surface area (Å²) in [6.45, 7) is 9.05. The van der Waals surface area contributed by atoms with Crippen molar-refractivity contribution in [1.29, 1.82) is 0 Å². The van der Waals surface area contributed by atoms with E-state index in [1.165, 1.54) is 5.56 Å². The van der Waals surface area contributed by atoms with Gasteiger partial charge >= 0.3 is 18.1 Å². The molecule has 2 aromatic rings. The second-order valence-corrected chi connectivity index (χ2v) is 9.48. The molecule has 206 valence electrons. The van der Waals surface area contributed by atoms with Crippen molar-refractivity contribution in [3.8, 4) is 0 Å². The minimum atomic E-state index is -0.313. The van der Waals surface area contributed by atoms with Gasteiger partial charge in [-0.15, -0.1) is 0 Å². The van der Waals surface area contributed by atoms with Gasteiger partial charge in [-0.3, -0.25) is 9.59 Å². The van der Waals surface area contributed by atoms with Crippen LogP contribution in [0.15, 0.2) is 60.7 Å². The molecule has 8 heteroatoms. The molecule has 2 saturated carbocycles. The Labute approximate surface area is 224 Å². The molecular formula is C30H38O8. The number of hydrogen-bond donors (Lipinski definition) is 0. The van der Waals surface area contributed by atoms with Crippen molar-refractivity contribution < 1.29 is 38.1 Å². The van der Waals surface area contributed by atoms with Crippen LogP contribution in [0.2, 0.25) is 0 Å². The summed E-state index contributed by atoms with van der Waals surface area (Å²) in [5.41, 5.74) is 2.02. The van der Waals surface area contributed by atoms with E-state index in [9.17, 15) is 9.59 Å². The van der Waals surface area contributed by atoms with Crippen LogP contribution in [0.5, 0.6) is 0 Å². The molecular weight excluding hydrogens is 488 g/mol. The van der Waals surface area contributed by atoms with Crippen LogP contribution in [0, 0.1) is 23.2 Å². The zero-order valence-corrected chi connectivity index (χ0v) is 22.4. The molecule has 0 aliphatic heterocycles. The molecule has 38 heavy (non-hydrogen) atoms. The predicted molar refractivity (Wildman–Crippen MR) is 138 cm³/mol. The standard InChI is InChI=1S/C15H20O3.C14H18O3.CO2/c1-3-18-14(16)15(2)9-13(15)11-17-10-12-7-5-4-6-8-12;1-2-17-14(15)13-8-12(13)10-16-9-11-6-4-3-5-7-11;2-1-3/h4-8,13H,3,9-11H2,1-2H3;3-7,12-13H,2,8-10H2,1H3;/t13-,15-;12-,13-;/m11./s1. The number of benzene rings is 2. The first-order valence-corrected chi connectivity index (χ1v) is 13.0. The lowest BCUT2D eigenvalue weighted by Gasteiger charge is -2.10. The molecule has 2 fully saturated rings. The summed E-state index contributed by atoms with van der Waals surface area (Å²) in [4.78, 5) is 39.3. The van der Waals surface area contributed by atoms with Crippen LogP contribution in [0.1, 0.15) is 44.7 Å². The van der Waals surface area contributed by atoms with Gasteiger partial charge in [-0.1, -0.05) is 60.7 Å². The SMILES string of the molecule is CCOC(=O)[C@@H]1C[C@@H]1COCc1ccccc1.CCOC(=O)[C@]1(C)C[C@@H]1COCc1ccccc1.O=C=O. The molecule has 0 amide bonds. The van der Waals surface area contributed by atoms with Crippen molar-refractivity contribution in [3.05, 3.63) is 71.8 Å². The Bertz CT molecular complexity index is 1000. The lowest BCUT2D eigenvalue weighted by molar-refractivity contribution is -0.191. The topological polar surface area (TPSA) is 105 Å². The second kappa shape index (κ2) is 16.5. The lowest BCUT2D eigenvalue weighted by atomic mass is 10.1. The van der Waals surface area contributed by atoms with Gasteiger partial charge in [0, 0.05) is 0 Å². The Morgan fingerprint density at radius 1 is 0.842 bits per heavy atom. The highest BCUT2D eigenvalue weighted by molar-refractivity contribution is 5.80. The van der Waals surface area contributed by atoms with Crippen molar-refractivity contribution in [2.24, 2.45) is 23.2 Å². The lowest BCUT2D eigenvalue weighted by Crippen LogP contribution is -2.19. The first kappa shape index (κ1) is 30.9. The minimum absolute atomic E-state index is 0.0687. The van der Waals surface area contributed by atoms with E-state index < -0.39 is 0 Å². The summed E-state index contributed by atoms with van der Waals surface area (Å²) in [6, 6.07) is 20.1. The summed E-state index contributed by atoms with van der Waals surface area (Å²) in [5, 5.41) is 0. The molecule has 8 nitrogen and oxygen atoms in total. The maximum absolute atomic E-state index is 11.7. The summed E-state index contributed by atoms with van der Waals surface area (Å²) in [5.74, 6) is 0.586. The normalized spacial score (nSPS) is 22.3. The molecule has 0 unspecified atom stereocenters. The minimum Gasteiger partial charge on any atom is -0.466 e. The number of rotatable bonds is 12. The van der Waals surface area contributed by atoms with Crippen LogP contribution in [0.25, 0.3) is 0 Å². The fourth-order valence-corrected chi connectivity index (χ4v) is 4.01. The van der Waals surface area contributed by atoms with Crippen LogP contribution in [0.4, 0.5) is 0 Å². The average molecular weight is 527 g/mol. The fourth-order valence-electron chi connectivity index (χ4n) is 4.01. The maximum atomic E-state index is 11.7. The Morgan fingerprint density at radius 2 is 1.34 bits per heavy atom. The molecule has 0 heterocycles. The largest absolute Gasteiger partial charge is 0.466 e. The smallest absolute Gasteiger partial charge is 0.373 e. The van der Waals surface area contributed by atoms with E-state index in [2.05, 4.69) is 0 Å². The van der Waals surface area contributed by atoms with Crippen molar-refractivity contribution in [1.82, 2.24) is 0 Å². The molecule has 0 aromatic heterocycles. The first-order valence-electron chi connectivity index (χ1n) is 13.0. The van der Waals surface area contributed by atoms with Gasteiger partial charge in [0.2, 0.25) is 0 Å². The van der Waals surface area contributed by atoms with Crippen molar-refractivity contribution in [2.75, 3.05) is 26.4 Å². The molecule has 2 aliphatic rings. The molecule has 2 aliphatic carbocycles. The van der Waals surface area contributed by atoms with Crippen LogP contribution >= 0.6 is 0 Å². The molecule has 4 rings (SSSR count). The summed E-state index contributed by atoms with van der Waals surface area (Å²) in [7, 11) is 0. The Kier molecular flexibility index (Phi) is 13.4.